The van der Waals surface area contributed by atoms with Gasteiger partial charge >= 0.3 is 0 Å². The number of ether oxygens (including phenoxy) is 1. The molecule has 2 N–H and O–H groups in total. The summed E-state index contributed by atoms with van der Waals surface area (Å²) in [4.78, 5) is 5.97. The average molecular weight is 432 g/mol. The van der Waals surface area contributed by atoms with Crippen molar-refractivity contribution in [2.24, 2.45) is 0 Å². The van der Waals surface area contributed by atoms with Crippen LogP contribution in [0.4, 0.5) is 0 Å². The Balaban J connectivity index is 1.21. The highest BCUT2D eigenvalue weighted by Crippen LogP contribution is 2.30. The molecule has 6 heteroatoms. The van der Waals surface area contributed by atoms with Gasteiger partial charge in [-0.3, -0.25) is 4.90 Å². The third kappa shape index (κ3) is 4.16. The zero-order chi connectivity index (χ0) is 22.1. The monoisotopic (exact) mass is 431 g/mol. The summed E-state index contributed by atoms with van der Waals surface area (Å²) in [5.41, 5.74) is 4.69. The number of benzene rings is 2. The highest BCUT2D eigenvalue weighted by molar-refractivity contribution is 5.84. The normalized spacial score (nSPS) is 16.5. The van der Waals surface area contributed by atoms with Crippen molar-refractivity contribution >= 4 is 10.9 Å². The number of para-hydroxylation sites is 1. The smallest absolute Gasteiger partial charge is 0.140 e. The quantitative estimate of drug-likeness (QED) is 0.463. The number of nitrogens with one attached hydrogen (secondary N) is 1. The van der Waals surface area contributed by atoms with Gasteiger partial charge in [0.1, 0.15) is 17.2 Å². The Labute approximate surface area is 187 Å². The number of aromatic amines is 1. The zero-order valence-corrected chi connectivity index (χ0v) is 18.6. The fourth-order valence-corrected chi connectivity index (χ4v) is 4.66. The van der Waals surface area contributed by atoms with E-state index in [2.05, 4.69) is 46.2 Å². The van der Waals surface area contributed by atoms with Crippen molar-refractivity contribution in [3.8, 4) is 17.0 Å². The minimum atomic E-state index is -0.767. The molecular weight excluding hydrogens is 402 g/mol. The van der Waals surface area contributed by atoms with Crippen LogP contribution in [0.5, 0.6) is 5.75 Å². The van der Waals surface area contributed by atoms with Gasteiger partial charge in [0, 0.05) is 54.3 Å². The molecular formula is C26H29N3O3. The van der Waals surface area contributed by atoms with Crippen LogP contribution in [0.1, 0.15) is 29.9 Å². The number of methoxy groups -OCH3 is 1. The van der Waals surface area contributed by atoms with Crippen molar-refractivity contribution in [1.82, 2.24) is 15.0 Å². The molecule has 4 aromatic rings. The summed E-state index contributed by atoms with van der Waals surface area (Å²) in [5.74, 6) is 1.49. The maximum atomic E-state index is 11.2. The van der Waals surface area contributed by atoms with Gasteiger partial charge in [-0.1, -0.05) is 35.5 Å². The summed E-state index contributed by atoms with van der Waals surface area (Å²) in [6.45, 7) is 4.75. The lowest BCUT2D eigenvalue weighted by Crippen LogP contribution is -2.45. The van der Waals surface area contributed by atoms with Crippen LogP contribution in [0.25, 0.3) is 22.2 Å². The second-order valence-electron chi connectivity index (χ2n) is 8.86. The van der Waals surface area contributed by atoms with Crippen LogP contribution in [-0.2, 0) is 13.0 Å². The first-order valence-corrected chi connectivity index (χ1v) is 11.1. The summed E-state index contributed by atoms with van der Waals surface area (Å²) in [6.07, 6.45) is 1.90. The lowest BCUT2D eigenvalue weighted by Gasteiger charge is -2.37. The van der Waals surface area contributed by atoms with Crippen LogP contribution in [0.15, 0.2) is 59.1 Å². The van der Waals surface area contributed by atoms with E-state index in [9.17, 15) is 5.11 Å². The molecule has 0 aliphatic carbocycles. The van der Waals surface area contributed by atoms with E-state index < -0.39 is 5.60 Å². The molecule has 2 aromatic heterocycles. The molecule has 1 aliphatic heterocycles. The number of likely N-dealkylation sites (tertiary alicyclic amines) is 1. The minimum Gasteiger partial charge on any atom is -0.497 e. The SMILES string of the molecule is COc1cccc(-c2cc(CC3(O)CCN(Cc4[nH]c5ccccc5c4C)CC3)on2)c1. The van der Waals surface area contributed by atoms with E-state index in [1.54, 1.807) is 7.11 Å². The molecule has 1 saturated heterocycles. The first-order valence-electron chi connectivity index (χ1n) is 11.1. The number of hydrogen-bond donors (Lipinski definition) is 2. The second kappa shape index (κ2) is 8.45. The summed E-state index contributed by atoms with van der Waals surface area (Å²) in [5, 5.41) is 16.7. The molecule has 2 aromatic carbocycles. The Bertz CT molecular complexity index is 1220. The number of aromatic nitrogens is 2. The van der Waals surface area contributed by atoms with Gasteiger partial charge in [-0.15, -0.1) is 0 Å². The van der Waals surface area contributed by atoms with Gasteiger partial charge in [-0.05, 0) is 43.5 Å². The third-order valence-electron chi connectivity index (χ3n) is 6.67. The predicted molar refractivity (Wildman–Crippen MR) is 125 cm³/mol. The number of rotatable bonds is 6. The first kappa shape index (κ1) is 20.8. The van der Waals surface area contributed by atoms with E-state index in [4.69, 9.17) is 9.26 Å². The van der Waals surface area contributed by atoms with Gasteiger partial charge in [0.2, 0.25) is 0 Å². The summed E-state index contributed by atoms with van der Waals surface area (Å²) in [6, 6.07) is 18.1. The number of H-pyrrole nitrogens is 1. The lowest BCUT2D eigenvalue weighted by molar-refractivity contribution is -0.0267. The summed E-state index contributed by atoms with van der Waals surface area (Å²) >= 11 is 0. The van der Waals surface area contributed by atoms with Crippen LogP contribution in [0.2, 0.25) is 0 Å². The van der Waals surface area contributed by atoms with Crippen molar-refractivity contribution in [3.63, 3.8) is 0 Å². The molecule has 0 saturated carbocycles. The molecule has 0 spiro atoms. The minimum absolute atomic E-state index is 0.475. The standard InChI is InChI=1S/C26H29N3O3/c1-18-22-8-3-4-9-23(22)27-25(18)17-29-12-10-26(30,11-13-29)16-21-15-24(28-32-21)19-6-5-7-20(14-19)31-2/h3-9,14-15,27,30H,10-13,16-17H2,1-2H3. The summed E-state index contributed by atoms with van der Waals surface area (Å²) in [7, 11) is 1.65. The number of aliphatic hydroxyl groups is 1. The molecule has 0 bridgehead atoms. The van der Waals surface area contributed by atoms with E-state index in [1.165, 1.54) is 22.2 Å². The van der Waals surface area contributed by atoms with Crippen molar-refractivity contribution in [1.29, 1.82) is 0 Å². The van der Waals surface area contributed by atoms with Crippen LogP contribution in [0.3, 0.4) is 0 Å². The first-order chi connectivity index (χ1) is 15.5. The molecule has 6 nitrogen and oxygen atoms in total. The Hall–Kier alpha value is -3.09. The summed E-state index contributed by atoms with van der Waals surface area (Å²) < 4.78 is 10.9. The molecule has 166 valence electrons. The number of aryl methyl sites for hydroxylation is 1. The maximum absolute atomic E-state index is 11.2. The van der Waals surface area contributed by atoms with Crippen molar-refractivity contribution in [2.45, 2.75) is 38.3 Å². The van der Waals surface area contributed by atoms with Gasteiger partial charge in [-0.25, -0.2) is 0 Å². The molecule has 0 unspecified atom stereocenters. The van der Waals surface area contributed by atoms with Crippen LogP contribution in [-0.4, -0.2) is 45.9 Å². The molecule has 5 rings (SSSR count). The van der Waals surface area contributed by atoms with E-state index in [0.717, 1.165) is 36.6 Å². The van der Waals surface area contributed by atoms with Gasteiger partial charge in [0.05, 0.1) is 12.7 Å². The second-order valence-corrected chi connectivity index (χ2v) is 8.86. The van der Waals surface area contributed by atoms with Crippen molar-refractivity contribution in [3.05, 3.63) is 71.6 Å². The average Bonchev–Trinajstić information content (AvgIpc) is 3.40. The molecule has 0 atom stereocenters. The molecule has 3 heterocycles. The Morgan fingerprint density at radius 1 is 1.12 bits per heavy atom. The highest BCUT2D eigenvalue weighted by Gasteiger charge is 2.34. The third-order valence-corrected chi connectivity index (χ3v) is 6.67. The van der Waals surface area contributed by atoms with Gasteiger partial charge in [0.15, 0.2) is 0 Å². The molecule has 0 amide bonds. The van der Waals surface area contributed by atoms with Crippen LogP contribution >= 0.6 is 0 Å². The van der Waals surface area contributed by atoms with Crippen molar-refractivity contribution in [2.75, 3.05) is 20.2 Å². The number of hydrogen-bond acceptors (Lipinski definition) is 5. The van der Waals surface area contributed by atoms with Gasteiger partial charge in [0.25, 0.3) is 0 Å². The predicted octanol–water partition coefficient (Wildman–Crippen LogP) is 4.71. The number of nitrogens with zero attached hydrogens (tertiary/aromatic N) is 2. The highest BCUT2D eigenvalue weighted by atomic mass is 16.5. The Morgan fingerprint density at radius 2 is 1.94 bits per heavy atom. The molecule has 32 heavy (non-hydrogen) atoms. The van der Waals surface area contributed by atoms with E-state index >= 15 is 0 Å². The van der Waals surface area contributed by atoms with E-state index in [0.29, 0.717) is 25.0 Å². The number of piperidine rings is 1. The topological polar surface area (TPSA) is 74.5 Å². The van der Waals surface area contributed by atoms with Crippen LogP contribution in [0, 0.1) is 6.92 Å². The van der Waals surface area contributed by atoms with Gasteiger partial charge < -0.3 is 19.4 Å². The Kier molecular flexibility index (Phi) is 5.49. The molecule has 0 radical (unpaired) electrons. The van der Waals surface area contributed by atoms with E-state index in [1.807, 2.05) is 30.3 Å². The van der Waals surface area contributed by atoms with Crippen LogP contribution < -0.4 is 4.74 Å². The fraction of sp³-hybridized carbons (Fsp3) is 0.346. The number of fused-ring (bicyclic) bond motifs is 1. The maximum Gasteiger partial charge on any atom is 0.140 e. The van der Waals surface area contributed by atoms with E-state index in [-0.39, 0.29) is 0 Å². The van der Waals surface area contributed by atoms with Crippen molar-refractivity contribution < 1.29 is 14.4 Å². The van der Waals surface area contributed by atoms with Gasteiger partial charge in [-0.2, -0.15) is 0 Å². The lowest BCUT2D eigenvalue weighted by atomic mass is 9.87. The molecule has 1 aliphatic rings. The largest absolute Gasteiger partial charge is 0.497 e. The Morgan fingerprint density at radius 3 is 2.72 bits per heavy atom. The zero-order valence-electron chi connectivity index (χ0n) is 18.6. The molecule has 1 fully saturated rings. The fourth-order valence-electron chi connectivity index (χ4n) is 4.66.